The molecule has 4 heteroatoms. The molecule has 104 valence electrons. The number of carbonyl (C=O) groups excluding carboxylic acids is 1. The van der Waals surface area contributed by atoms with Crippen LogP contribution in [0.3, 0.4) is 0 Å². The van der Waals surface area contributed by atoms with Crippen molar-refractivity contribution >= 4 is 22.0 Å². The maximum atomic E-state index is 11.5. The summed E-state index contributed by atoms with van der Waals surface area (Å²) in [5.41, 5.74) is 2.20. The Kier molecular flexibility index (Phi) is 5.62. The molecule has 0 heterocycles. The highest BCUT2D eigenvalue weighted by Crippen LogP contribution is 2.10. The molecule has 0 bridgehead atoms. The first-order valence-electron chi connectivity index (χ1n) is 6.43. The van der Waals surface area contributed by atoms with Crippen LogP contribution in [0.5, 0.6) is 0 Å². The van der Waals surface area contributed by atoms with Crippen molar-refractivity contribution in [2.45, 2.75) is 13.0 Å². The topological polar surface area (TPSA) is 38.3 Å². The van der Waals surface area contributed by atoms with E-state index in [2.05, 4.69) is 21.2 Å². The largest absolute Gasteiger partial charge is 0.449 e. The number of carbonyl (C=O) groups is 1. The third-order valence-corrected chi connectivity index (χ3v) is 3.35. The highest BCUT2D eigenvalue weighted by atomic mass is 79.9. The molecule has 2 rings (SSSR count). The molecule has 0 unspecified atom stereocenters. The van der Waals surface area contributed by atoms with Crippen LogP contribution >= 0.6 is 15.9 Å². The summed E-state index contributed by atoms with van der Waals surface area (Å²) in [7, 11) is 0. The van der Waals surface area contributed by atoms with Crippen LogP contribution in [0.4, 0.5) is 4.79 Å². The Labute approximate surface area is 127 Å². The van der Waals surface area contributed by atoms with Crippen LogP contribution in [0.25, 0.3) is 0 Å². The molecule has 2 aromatic carbocycles. The van der Waals surface area contributed by atoms with Gasteiger partial charge in [0.1, 0.15) is 0 Å². The highest BCUT2D eigenvalue weighted by Gasteiger charge is 2.02. The summed E-state index contributed by atoms with van der Waals surface area (Å²) in [5, 5.41) is 2.73. The van der Waals surface area contributed by atoms with E-state index in [-0.39, 0.29) is 6.09 Å². The first-order chi connectivity index (χ1) is 9.74. The molecule has 0 spiro atoms. The Morgan fingerprint density at radius 3 is 2.40 bits per heavy atom. The van der Waals surface area contributed by atoms with E-state index >= 15 is 0 Å². The molecule has 20 heavy (non-hydrogen) atoms. The molecule has 0 fully saturated rings. The van der Waals surface area contributed by atoms with Crippen LogP contribution in [0.1, 0.15) is 11.1 Å². The third kappa shape index (κ3) is 5.05. The second-order valence-corrected chi connectivity index (χ2v) is 5.27. The van der Waals surface area contributed by atoms with Gasteiger partial charge in [0.15, 0.2) is 0 Å². The lowest BCUT2D eigenvalue weighted by molar-refractivity contribution is 0.147. The summed E-state index contributed by atoms with van der Waals surface area (Å²) in [4.78, 5) is 11.5. The maximum absolute atomic E-state index is 11.5. The number of alkyl carbamates (subject to hydrolysis) is 1. The molecule has 1 N–H and O–H groups in total. The molecule has 1 amide bonds. The highest BCUT2D eigenvalue weighted by molar-refractivity contribution is 9.10. The standard InChI is InChI=1S/C16H16BrNO2/c17-15-8-6-13(7-9-15)10-11-20-16(19)18-12-14-4-2-1-3-5-14/h1-9H,10-12H2,(H,18,19). The van der Waals surface area contributed by atoms with E-state index < -0.39 is 0 Å². The summed E-state index contributed by atoms with van der Waals surface area (Å²) < 4.78 is 6.18. The predicted octanol–water partition coefficient (Wildman–Crippen LogP) is 3.92. The van der Waals surface area contributed by atoms with Gasteiger partial charge in [0.2, 0.25) is 0 Å². The summed E-state index contributed by atoms with van der Waals surface area (Å²) in [6.45, 7) is 0.861. The van der Waals surface area contributed by atoms with Crippen LogP contribution in [-0.4, -0.2) is 12.7 Å². The Hall–Kier alpha value is -1.81. The molecule has 0 aliphatic heterocycles. The van der Waals surface area contributed by atoms with Gasteiger partial charge in [-0.3, -0.25) is 0 Å². The summed E-state index contributed by atoms with van der Waals surface area (Å²) in [6.07, 6.45) is 0.331. The molecule has 0 atom stereocenters. The molecule has 3 nitrogen and oxygen atoms in total. The van der Waals surface area contributed by atoms with Crippen LogP contribution in [0.2, 0.25) is 0 Å². The SMILES string of the molecule is O=C(NCc1ccccc1)OCCc1ccc(Br)cc1. The molecule has 0 aliphatic carbocycles. The van der Waals surface area contributed by atoms with E-state index in [4.69, 9.17) is 4.74 Å². The minimum absolute atomic E-state index is 0.377. The van der Waals surface area contributed by atoms with E-state index in [1.807, 2.05) is 54.6 Å². The van der Waals surface area contributed by atoms with Gasteiger partial charge < -0.3 is 10.1 Å². The molecular weight excluding hydrogens is 318 g/mol. The van der Waals surface area contributed by atoms with Crippen molar-refractivity contribution in [2.24, 2.45) is 0 Å². The Balaban J connectivity index is 1.66. The second kappa shape index (κ2) is 7.70. The smallest absolute Gasteiger partial charge is 0.407 e. The molecular formula is C16H16BrNO2. The van der Waals surface area contributed by atoms with Crippen molar-refractivity contribution in [1.82, 2.24) is 5.32 Å². The average Bonchev–Trinajstić information content (AvgIpc) is 2.48. The number of halogens is 1. The van der Waals surface area contributed by atoms with E-state index in [9.17, 15) is 4.79 Å². The number of hydrogen-bond donors (Lipinski definition) is 1. The molecule has 0 aliphatic rings. The third-order valence-electron chi connectivity index (χ3n) is 2.82. The Bertz CT molecular complexity index is 540. The van der Waals surface area contributed by atoms with Gasteiger partial charge in [0.05, 0.1) is 6.61 Å². The van der Waals surface area contributed by atoms with Crippen LogP contribution in [0, 0.1) is 0 Å². The number of rotatable bonds is 5. The average molecular weight is 334 g/mol. The fourth-order valence-electron chi connectivity index (χ4n) is 1.73. The zero-order valence-electron chi connectivity index (χ0n) is 11.0. The van der Waals surface area contributed by atoms with Gasteiger partial charge in [-0.1, -0.05) is 58.4 Å². The number of hydrogen-bond acceptors (Lipinski definition) is 2. The summed E-state index contributed by atoms with van der Waals surface area (Å²) in [6, 6.07) is 17.7. The number of benzene rings is 2. The lowest BCUT2D eigenvalue weighted by Crippen LogP contribution is -2.24. The monoisotopic (exact) mass is 333 g/mol. The normalized spacial score (nSPS) is 10.1. The zero-order chi connectivity index (χ0) is 14.2. The van der Waals surface area contributed by atoms with Gasteiger partial charge in [0.25, 0.3) is 0 Å². The Morgan fingerprint density at radius 2 is 1.70 bits per heavy atom. The summed E-state index contributed by atoms with van der Waals surface area (Å²) in [5.74, 6) is 0. The van der Waals surface area contributed by atoms with Gasteiger partial charge in [-0.05, 0) is 23.3 Å². The van der Waals surface area contributed by atoms with Crippen molar-refractivity contribution in [1.29, 1.82) is 0 Å². The quantitative estimate of drug-likeness (QED) is 0.900. The maximum Gasteiger partial charge on any atom is 0.407 e. The van der Waals surface area contributed by atoms with Crippen molar-refractivity contribution in [2.75, 3.05) is 6.61 Å². The van der Waals surface area contributed by atoms with Crippen LogP contribution in [-0.2, 0) is 17.7 Å². The predicted molar refractivity (Wildman–Crippen MR) is 82.5 cm³/mol. The fraction of sp³-hybridized carbons (Fsp3) is 0.188. The van der Waals surface area contributed by atoms with Crippen LogP contribution < -0.4 is 5.32 Å². The second-order valence-electron chi connectivity index (χ2n) is 4.35. The van der Waals surface area contributed by atoms with Gasteiger partial charge in [-0.2, -0.15) is 0 Å². The van der Waals surface area contributed by atoms with E-state index in [1.54, 1.807) is 0 Å². The molecule has 2 aromatic rings. The van der Waals surface area contributed by atoms with Crippen molar-refractivity contribution in [3.8, 4) is 0 Å². The van der Waals surface area contributed by atoms with Crippen molar-refractivity contribution in [3.63, 3.8) is 0 Å². The first kappa shape index (κ1) is 14.6. The molecule has 0 saturated heterocycles. The van der Waals surface area contributed by atoms with Gasteiger partial charge in [0, 0.05) is 17.4 Å². The molecule has 0 radical (unpaired) electrons. The first-order valence-corrected chi connectivity index (χ1v) is 7.22. The lowest BCUT2D eigenvalue weighted by Gasteiger charge is -2.07. The number of nitrogens with one attached hydrogen (secondary N) is 1. The zero-order valence-corrected chi connectivity index (χ0v) is 12.6. The van der Waals surface area contributed by atoms with E-state index in [0.717, 1.165) is 15.6 Å². The van der Waals surface area contributed by atoms with Gasteiger partial charge in [-0.25, -0.2) is 4.79 Å². The fourth-order valence-corrected chi connectivity index (χ4v) is 2.00. The molecule has 0 saturated carbocycles. The minimum atomic E-state index is -0.383. The van der Waals surface area contributed by atoms with Gasteiger partial charge in [-0.15, -0.1) is 0 Å². The van der Waals surface area contributed by atoms with Gasteiger partial charge >= 0.3 is 6.09 Å². The Morgan fingerprint density at radius 1 is 1.00 bits per heavy atom. The lowest BCUT2D eigenvalue weighted by atomic mass is 10.2. The molecule has 0 aromatic heterocycles. The van der Waals surface area contributed by atoms with Crippen molar-refractivity contribution < 1.29 is 9.53 Å². The minimum Gasteiger partial charge on any atom is -0.449 e. The van der Waals surface area contributed by atoms with Crippen LogP contribution in [0.15, 0.2) is 59.1 Å². The number of amides is 1. The van der Waals surface area contributed by atoms with E-state index in [1.165, 1.54) is 0 Å². The summed E-state index contributed by atoms with van der Waals surface area (Å²) >= 11 is 3.38. The van der Waals surface area contributed by atoms with E-state index in [0.29, 0.717) is 19.6 Å². The van der Waals surface area contributed by atoms with Crippen molar-refractivity contribution in [3.05, 3.63) is 70.2 Å². The number of ether oxygens (including phenoxy) is 1.